The van der Waals surface area contributed by atoms with Crippen molar-refractivity contribution >= 4 is 34.3 Å². The number of hydrogen-bond donors (Lipinski definition) is 1. The largest absolute Gasteiger partial charge is 0.481 e. The van der Waals surface area contributed by atoms with Crippen molar-refractivity contribution in [1.82, 2.24) is 9.97 Å². The number of nitrogens with zero attached hydrogens (tertiary/aromatic N) is 3. The molecular formula is C25H25ClFN3O2. The maximum absolute atomic E-state index is 14.8. The van der Waals surface area contributed by atoms with Crippen LogP contribution in [0.2, 0.25) is 5.02 Å². The van der Waals surface area contributed by atoms with E-state index in [-0.39, 0.29) is 5.52 Å². The zero-order chi connectivity index (χ0) is 22.2. The Morgan fingerprint density at radius 3 is 2.69 bits per heavy atom. The average Bonchev–Trinajstić information content (AvgIpc) is 3.34. The van der Waals surface area contributed by atoms with Crippen molar-refractivity contribution in [2.45, 2.75) is 44.4 Å². The number of rotatable bonds is 4. The second-order valence-electron chi connectivity index (χ2n) is 8.86. The minimum atomic E-state index is -0.807. The highest BCUT2D eigenvalue weighted by molar-refractivity contribution is 6.31. The van der Waals surface area contributed by atoms with Crippen molar-refractivity contribution in [1.29, 1.82) is 0 Å². The van der Waals surface area contributed by atoms with Crippen LogP contribution in [0, 0.1) is 11.7 Å². The number of anilines is 1. The van der Waals surface area contributed by atoms with Crippen LogP contribution in [0.4, 0.5) is 10.2 Å². The van der Waals surface area contributed by atoms with E-state index in [9.17, 15) is 14.3 Å². The fourth-order valence-electron chi connectivity index (χ4n) is 5.24. The number of carboxylic acid groups (broad SMARTS) is 1. The molecule has 0 amide bonds. The first-order valence-corrected chi connectivity index (χ1v) is 11.6. The van der Waals surface area contributed by atoms with Gasteiger partial charge < -0.3 is 10.0 Å². The van der Waals surface area contributed by atoms with E-state index in [4.69, 9.17) is 11.6 Å². The summed E-state index contributed by atoms with van der Waals surface area (Å²) in [4.78, 5) is 22.3. The molecule has 32 heavy (non-hydrogen) atoms. The zero-order valence-corrected chi connectivity index (χ0v) is 18.5. The van der Waals surface area contributed by atoms with E-state index < -0.39 is 17.7 Å². The van der Waals surface area contributed by atoms with Crippen molar-refractivity contribution < 1.29 is 14.3 Å². The number of carboxylic acids is 1. The van der Waals surface area contributed by atoms with Crippen LogP contribution >= 0.6 is 11.6 Å². The molecule has 0 radical (unpaired) electrons. The van der Waals surface area contributed by atoms with Crippen LogP contribution in [-0.2, 0) is 4.79 Å². The maximum atomic E-state index is 14.8. The van der Waals surface area contributed by atoms with Gasteiger partial charge in [-0.25, -0.2) is 14.4 Å². The number of fused-ring (bicyclic) bond motifs is 1. The number of hydrogen-bond acceptors (Lipinski definition) is 4. The van der Waals surface area contributed by atoms with E-state index in [1.165, 1.54) is 25.2 Å². The first kappa shape index (κ1) is 21.1. The maximum Gasteiger partial charge on any atom is 0.308 e. The van der Waals surface area contributed by atoms with Gasteiger partial charge in [0.25, 0.3) is 0 Å². The molecule has 5 rings (SSSR count). The normalized spacial score (nSPS) is 19.6. The van der Waals surface area contributed by atoms with E-state index in [1.54, 1.807) is 6.07 Å². The van der Waals surface area contributed by atoms with Gasteiger partial charge in [0.15, 0.2) is 0 Å². The predicted molar refractivity (Wildman–Crippen MR) is 124 cm³/mol. The summed E-state index contributed by atoms with van der Waals surface area (Å²) >= 11 is 6.56. The number of piperidine rings is 1. The summed E-state index contributed by atoms with van der Waals surface area (Å²) in [6.45, 7) is 1.03. The molecule has 1 saturated carbocycles. The lowest BCUT2D eigenvalue weighted by molar-refractivity contribution is -0.141. The molecule has 5 nitrogen and oxygen atoms in total. The highest BCUT2D eigenvalue weighted by Gasteiger charge is 2.28. The molecule has 1 atom stereocenters. The number of aromatic nitrogens is 2. The molecule has 0 unspecified atom stereocenters. The number of carbonyl (C=O) groups is 1. The Hall–Kier alpha value is -2.73. The van der Waals surface area contributed by atoms with Crippen LogP contribution in [-0.4, -0.2) is 34.1 Å². The number of halogens is 2. The molecule has 1 aliphatic heterocycles. The van der Waals surface area contributed by atoms with Crippen LogP contribution < -0.4 is 4.90 Å². The topological polar surface area (TPSA) is 66.3 Å². The molecule has 1 saturated heterocycles. The Kier molecular flexibility index (Phi) is 5.72. The molecule has 1 aliphatic carbocycles. The lowest BCUT2D eigenvalue weighted by Crippen LogP contribution is -2.39. The van der Waals surface area contributed by atoms with Crippen molar-refractivity contribution in [3.63, 3.8) is 0 Å². The molecule has 3 aromatic rings. The third-order valence-corrected chi connectivity index (χ3v) is 7.24. The molecular weight excluding hydrogens is 429 g/mol. The van der Waals surface area contributed by atoms with Gasteiger partial charge >= 0.3 is 5.97 Å². The van der Waals surface area contributed by atoms with E-state index >= 15 is 0 Å². The smallest absolute Gasteiger partial charge is 0.308 e. The minimum Gasteiger partial charge on any atom is -0.481 e. The quantitative estimate of drug-likeness (QED) is 0.521. The van der Waals surface area contributed by atoms with Gasteiger partial charge in [-0.15, -0.1) is 0 Å². The van der Waals surface area contributed by atoms with Gasteiger partial charge in [-0.3, -0.25) is 4.79 Å². The van der Waals surface area contributed by atoms with Crippen LogP contribution in [0.15, 0.2) is 36.7 Å². The van der Waals surface area contributed by atoms with Crippen molar-refractivity contribution in [3.05, 3.63) is 53.1 Å². The number of aliphatic carboxylic acids is 1. The van der Waals surface area contributed by atoms with E-state index in [0.717, 1.165) is 41.0 Å². The van der Waals surface area contributed by atoms with Gasteiger partial charge in [0.2, 0.25) is 0 Å². The Morgan fingerprint density at radius 2 is 1.91 bits per heavy atom. The summed E-state index contributed by atoms with van der Waals surface area (Å²) in [5.41, 5.74) is 3.18. The van der Waals surface area contributed by atoms with Crippen LogP contribution in [0.25, 0.3) is 22.0 Å². The van der Waals surface area contributed by atoms with Crippen molar-refractivity contribution in [3.8, 4) is 11.1 Å². The molecule has 2 aliphatic rings. The highest BCUT2D eigenvalue weighted by Crippen LogP contribution is 2.42. The molecule has 2 fully saturated rings. The van der Waals surface area contributed by atoms with E-state index in [2.05, 4.69) is 16.0 Å². The summed E-state index contributed by atoms with van der Waals surface area (Å²) in [5.74, 6) is -0.644. The summed E-state index contributed by atoms with van der Waals surface area (Å²) in [7, 11) is 0. The fraction of sp³-hybridized carbons (Fsp3) is 0.400. The van der Waals surface area contributed by atoms with E-state index in [0.29, 0.717) is 36.6 Å². The third kappa shape index (κ3) is 3.81. The van der Waals surface area contributed by atoms with Crippen molar-refractivity contribution in [2.24, 2.45) is 5.92 Å². The standard InChI is InChI=1S/C25H25ClFN3O2/c26-20-9-7-16(12-19(20)15-4-1-2-5-15)18-8-10-21(27)23-22(18)24(29-14-28-23)30-11-3-6-17(13-30)25(31)32/h7-10,12,14-15,17H,1-6,11,13H2,(H,31,32)/t17-/m0/s1. The van der Waals surface area contributed by atoms with E-state index in [1.807, 2.05) is 17.0 Å². The Bertz CT molecular complexity index is 1180. The first-order chi connectivity index (χ1) is 15.5. The van der Waals surface area contributed by atoms with Gasteiger partial charge in [0, 0.05) is 18.1 Å². The summed E-state index contributed by atoms with van der Waals surface area (Å²) in [6.07, 6.45) is 7.43. The van der Waals surface area contributed by atoms with Gasteiger partial charge in [0.1, 0.15) is 23.5 Å². The molecule has 1 N–H and O–H groups in total. The summed E-state index contributed by atoms with van der Waals surface area (Å²) in [6, 6.07) is 9.21. The zero-order valence-electron chi connectivity index (χ0n) is 17.7. The Balaban J connectivity index is 1.65. The average molecular weight is 454 g/mol. The molecule has 0 spiro atoms. The van der Waals surface area contributed by atoms with Gasteiger partial charge in [-0.05, 0) is 66.5 Å². The molecule has 166 valence electrons. The first-order valence-electron chi connectivity index (χ1n) is 11.2. The van der Waals surface area contributed by atoms with Gasteiger partial charge in [-0.2, -0.15) is 0 Å². The van der Waals surface area contributed by atoms with Crippen molar-refractivity contribution in [2.75, 3.05) is 18.0 Å². The Labute approximate surface area is 191 Å². The fourth-order valence-corrected chi connectivity index (χ4v) is 5.51. The summed E-state index contributed by atoms with van der Waals surface area (Å²) in [5, 5.41) is 10.9. The monoisotopic (exact) mass is 453 g/mol. The van der Waals surface area contributed by atoms with Gasteiger partial charge in [-0.1, -0.05) is 36.6 Å². The van der Waals surface area contributed by atoms with Crippen LogP contribution in [0.3, 0.4) is 0 Å². The Morgan fingerprint density at radius 1 is 1.09 bits per heavy atom. The SMILES string of the molecule is O=C(O)[C@H]1CCCN(c2ncnc3c(F)ccc(-c4ccc(Cl)c(C5CCCC5)c4)c23)C1. The number of benzene rings is 2. The third-order valence-electron chi connectivity index (χ3n) is 6.89. The molecule has 2 heterocycles. The van der Waals surface area contributed by atoms with Crippen LogP contribution in [0.5, 0.6) is 0 Å². The second kappa shape index (κ2) is 8.66. The predicted octanol–water partition coefficient (Wildman–Crippen LogP) is 6.05. The minimum absolute atomic E-state index is 0.252. The van der Waals surface area contributed by atoms with Crippen LogP contribution in [0.1, 0.15) is 50.0 Å². The second-order valence-corrected chi connectivity index (χ2v) is 9.26. The van der Waals surface area contributed by atoms with Gasteiger partial charge in [0.05, 0.1) is 11.3 Å². The lowest BCUT2D eigenvalue weighted by atomic mass is 9.92. The summed E-state index contributed by atoms with van der Waals surface area (Å²) < 4.78 is 14.8. The lowest BCUT2D eigenvalue weighted by Gasteiger charge is -2.32. The highest BCUT2D eigenvalue weighted by atomic mass is 35.5. The molecule has 2 aromatic carbocycles. The molecule has 1 aromatic heterocycles. The molecule has 0 bridgehead atoms. The molecule has 7 heteroatoms.